The Morgan fingerprint density at radius 1 is 1.10 bits per heavy atom. The van der Waals surface area contributed by atoms with Crippen molar-refractivity contribution in [2.75, 3.05) is 32.2 Å². The number of nitrogens with zero attached hydrogens (tertiary/aromatic N) is 3. The minimum Gasteiger partial charge on any atom is -0.493 e. The number of methoxy groups -OCH3 is 2. The van der Waals surface area contributed by atoms with Gasteiger partial charge in [0.15, 0.2) is 11.5 Å². The predicted molar refractivity (Wildman–Crippen MR) is 115 cm³/mol. The maximum atomic E-state index is 12.5. The summed E-state index contributed by atoms with van der Waals surface area (Å²) in [5.74, 6) is 1.20. The lowest BCUT2D eigenvalue weighted by molar-refractivity contribution is 0.355. The Balaban J connectivity index is 1.76. The molecule has 2 heterocycles. The molecule has 0 aliphatic carbocycles. The highest BCUT2D eigenvalue weighted by Crippen LogP contribution is 2.41. The maximum Gasteiger partial charge on any atom is 0.240 e. The van der Waals surface area contributed by atoms with Crippen LogP contribution in [0.2, 0.25) is 0 Å². The fourth-order valence-corrected chi connectivity index (χ4v) is 4.89. The van der Waals surface area contributed by atoms with Gasteiger partial charge in [0.25, 0.3) is 0 Å². The molecule has 9 heteroatoms. The van der Waals surface area contributed by atoms with E-state index in [1.165, 1.54) is 0 Å². The second kappa shape index (κ2) is 8.08. The van der Waals surface area contributed by atoms with Gasteiger partial charge in [-0.25, -0.2) is 13.1 Å². The van der Waals surface area contributed by atoms with Crippen molar-refractivity contribution >= 4 is 32.3 Å². The molecule has 1 aliphatic rings. The molecule has 1 aliphatic heterocycles. The zero-order valence-corrected chi connectivity index (χ0v) is 18.0. The molecule has 0 unspecified atom stereocenters. The Hall–Kier alpha value is -2.91. The van der Waals surface area contributed by atoms with Gasteiger partial charge in [0.05, 0.1) is 36.5 Å². The summed E-state index contributed by atoms with van der Waals surface area (Å²) in [6, 6.07) is 8.96. The SMILES string of the molecule is CCCNS(=O)(=O)c1ccc2c(c1)CCN2c1cnnc2cc(OC)c(OC)cc12. The normalized spacial score (nSPS) is 13.5. The molecule has 0 amide bonds. The summed E-state index contributed by atoms with van der Waals surface area (Å²) < 4.78 is 38.4. The Labute approximate surface area is 175 Å². The number of benzene rings is 2. The molecule has 30 heavy (non-hydrogen) atoms. The van der Waals surface area contributed by atoms with Crippen LogP contribution >= 0.6 is 0 Å². The van der Waals surface area contributed by atoms with Crippen LogP contribution in [0.25, 0.3) is 10.9 Å². The van der Waals surface area contributed by atoms with E-state index in [4.69, 9.17) is 9.47 Å². The molecule has 0 fully saturated rings. The number of hydrogen-bond acceptors (Lipinski definition) is 7. The van der Waals surface area contributed by atoms with Gasteiger partial charge in [-0.15, -0.1) is 0 Å². The van der Waals surface area contributed by atoms with Gasteiger partial charge in [0, 0.05) is 30.2 Å². The van der Waals surface area contributed by atoms with Crippen molar-refractivity contribution in [2.24, 2.45) is 0 Å². The largest absolute Gasteiger partial charge is 0.493 e. The molecule has 0 spiro atoms. The van der Waals surface area contributed by atoms with Crippen LogP contribution in [0.3, 0.4) is 0 Å². The molecule has 3 aromatic rings. The van der Waals surface area contributed by atoms with E-state index in [1.807, 2.05) is 19.1 Å². The second-order valence-corrected chi connectivity index (χ2v) is 8.81. The van der Waals surface area contributed by atoms with Crippen LogP contribution in [-0.2, 0) is 16.4 Å². The highest BCUT2D eigenvalue weighted by atomic mass is 32.2. The summed E-state index contributed by atoms with van der Waals surface area (Å²) >= 11 is 0. The Kier molecular flexibility index (Phi) is 5.48. The van der Waals surface area contributed by atoms with E-state index in [1.54, 1.807) is 38.6 Å². The van der Waals surface area contributed by atoms with Crippen LogP contribution in [0.1, 0.15) is 18.9 Å². The minimum atomic E-state index is -3.50. The lowest BCUT2D eigenvalue weighted by Gasteiger charge is -2.21. The molecule has 1 N–H and O–H groups in total. The molecule has 8 nitrogen and oxygen atoms in total. The standard InChI is InChI=1S/C21H24N4O4S/c1-4-8-23-30(26,27)15-5-6-18-14(10-15)7-9-25(18)19-13-22-24-17-12-21(29-3)20(28-2)11-16(17)19/h5-6,10-13,23H,4,7-9H2,1-3H3. The van der Waals surface area contributed by atoms with Gasteiger partial charge in [-0.3, -0.25) is 0 Å². The Bertz CT molecular complexity index is 1200. The number of aromatic nitrogens is 2. The van der Waals surface area contributed by atoms with Gasteiger partial charge in [-0.2, -0.15) is 10.2 Å². The van der Waals surface area contributed by atoms with Crippen molar-refractivity contribution in [2.45, 2.75) is 24.7 Å². The first-order chi connectivity index (χ1) is 14.5. The van der Waals surface area contributed by atoms with Crippen molar-refractivity contribution in [3.63, 3.8) is 0 Å². The molecular weight excluding hydrogens is 404 g/mol. The molecule has 158 valence electrons. The molecule has 0 bridgehead atoms. The lowest BCUT2D eigenvalue weighted by Crippen LogP contribution is -2.24. The predicted octanol–water partition coefficient (Wildman–Crippen LogP) is 3.03. The molecule has 0 saturated heterocycles. The third kappa shape index (κ3) is 3.54. The van der Waals surface area contributed by atoms with Crippen LogP contribution in [0, 0.1) is 0 Å². The second-order valence-electron chi connectivity index (χ2n) is 7.04. The van der Waals surface area contributed by atoms with Crippen LogP contribution in [0.4, 0.5) is 11.4 Å². The number of sulfonamides is 1. The smallest absolute Gasteiger partial charge is 0.240 e. The highest BCUT2D eigenvalue weighted by molar-refractivity contribution is 7.89. The maximum absolute atomic E-state index is 12.5. The lowest BCUT2D eigenvalue weighted by atomic mass is 10.1. The summed E-state index contributed by atoms with van der Waals surface area (Å²) in [7, 11) is -0.322. The third-order valence-electron chi connectivity index (χ3n) is 5.21. The number of fused-ring (bicyclic) bond motifs is 2. The molecule has 1 aromatic heterocycles. The number of rotatable bonds is 7. The van der Waals surface area contributed by atoms with Crippen LogP contribution < -0.4 is 19.1 Å². The highest BCUT2D eigenvalue weighted by Gasteiger charge is 2.25. The third-order valence-corrected chi connectivity index (χ3v) is 6.67. The average molecular weight is 429 g/mol. The van der Waals surface area contributed by atoms with E-state index in [9.17, 15) is 8.42 Å². The van der Waals surface area contributed by atoms with Crippen molar-refractivity contribution in [1.82, 2.24) is 14.9 Å². The molecule has 0 atom stereocenters. The Morgan fingerprint density at radius 2 is 1.87 bits per heavy atom. The van der Waals surface area contributed by atoms with E-state index in [-0.39, 0.29) is 0 Å². The first-order valence-corrected chi connectivity index (χ1v) is 11.2. The molecule has 0 radical (unpaired) electrons. The Morgan fingerprint density at radius 3 is 2.60 bits per heavy atom. The van der Waals surface area contributed by atoms with Crippen LogP contribution in [0.5, 0.6) is 11.5 Å². The van der Waals surface area contributed by atoms with Crippen LogP contribution in [0.15, 0.2) is 41.4 Å². The monoisotopic (exact) mass is 428 g/mol. The number of hydrogen-bond donors (Lipinski definition) is 1. The van der Waals surface area contributed by atoms with Gasteiger partial charge in [0.1, 0.15) is 0 Å². The van der Waals surface area contributed by atoms with E-state index < -0.39 is 10.0 Å². The summed E-state index contributed by atoms with van der Waals surface area (Å²) in [5, 5.41) is 9.27. The topological polar surface area (TPSA) is 93.7 Å². The van der Waals surface area contributed by atoms with Crippen molar-refractivity contribution in [3.8, 4) is 11.5 Å². The van der Waals surface area contributed by atoms with E-state index in [2.05, 4.69) is 19.8 Å². The van der Waals surface area contributed by atoms with E-state index in [0.29, 0.717) is 28.5 Å². The van der Waals surface area contributed by atoms with Crippen molar-refractivity contribution in [3.05, 3.63) is 42.1 Å². The van der Waals surface area contributed by atoms with Gasteiger partial charge in [0.2, 0.25) is 10.0 Å². The molecule has 0 saturated carbocycles. The fraction of sp³-hybridized carbons (Fsp3) is 0.333. The van der Waals surface area contributed by atoms with E-state index in [0.717, 1.165) is 41.7 Å². The first kappa shape index (κ1) is 20.4. The average Bonchev–Trinajstić information content (AvgIpc) is 3.19. The summed E-state index contributed by atoms with van der Waals surface area (Å²) in [5.41, 5.74) is 3.54. The molecule has 4 rings (SSSR count). The fourth-order valence-electron chi connectivity index (χ4n) is 3.70. The number of anilines is 2. The summed E-state index contributed by atoms with van der Waals surface area (Å²) in [4.78, 5) is 2.43. The summed E-state index contributed by atoms with van der Waals surface area (Å²) in [6.45, 7) is 3.07. The van der Waals surface area contributed by atoms with Gasteiger partial charge < -0.3 is 14.4 Å². The van der Waals surface area contributed by atoms with Crippen molar-refractivity contribution < 1.29 is 17.9 Å². The molecule has 2 aromatic carbocycles. The first-order valence-electron chi connectivity index (χ1n) is 9.76. The zero-order chi connectivity index (χ0) is 21.3. The van der Waals surface area contributed by atoms with Crippen LogP contribution in [-0.4, -0.2) is 45.9 Å². The van der Waals surface area contributed by atoms with Crippen molar-refractivity contribution in [1.29, 1.82) is 0 Å². The zero-order valence-electron chi connectivity index (χ0n) is 17.2. The minimum absolute atomic E-state index is 0.292. The quantitative estimate of drug-likeness (QED) is 0.618. The van der Waals surface area contributed by atoms with Gasteiger partial charge in [-0.1, -0.05) is 6.92 Å². The number of ether oxygens (including phenoxy) is 2. The number of nitrogens with one attached hydrogen (secondary N) is 1. The summed E-state index contributed by atoms with van der Waals surface area (Å²) in [6.07, 6.45) is 3.20. The van der Waals surface area contributed by atoms with Gasteiger partial charge >= 0.3 is 0 Å². The van der Waals surface area contributed by atoms with Gasteiger partial charge in [-0.05, 0) is 42.7 Å². The molecular formula is C21H24N4O4S. The van der Waals surface area contributed by atoms with E-state index >= 15 is 0 Å².